The van der Waals surface area contributed by atoms with Gasteiger partial charge in [0, 0.05) is 40.8 Å². The van der Waals surface area contributed by atoms with Crippen molar-refractivity contribution in [2.75, 3.05) is 0 Å². The lowest BCUT2D eigenvalue weighted by atomic mass is 9.88. The maximum absolute atomic E-state index is 12.5. The Bertz CT molecular complexity index is 925. The summed E-state index contributed by atoms with van der Waals surface area (Å²) in [5, 5.41) is 0.617. The predicted octanol–water partition coefficient (Wildman–Crippen LogP) is 2.06. The first-order valence-electron chi connectivity index (χ1n) is 6.37. The van der Waals surface area contributed by atoms with E-state index < -0.39 is 0 Å². The maximum atomic E-state index is 12.5. The SMILES string of the molecule is O=C1c2ccncc2Cc2c1[nH]c1ccccc1c2=O. The van der Waals surface area contributed by atoms with Gasteiger partial charge in [0.05, 0.1) is 5.69 Å². The number of carbonyl (C=O) groups excluding carboxylic acids is 1. The van der Waals surface area contributed by atoms with Gasteiger partial charge in [-0.2, -0.15) is 0 Å². The smallest absolute Gasteiger partial charge is 0.210 e. The summed E-state index contributed by atoms with van der Waals surface area (Å²) < 4.78 is 0. The van der Waals surface area contributed by atoms with Gasteiger partial charge in [-0.1, -0.05) is 12.1 Å². The van der Waals surface area contributed by atoms with Crippen molar-refractivity contribution in [2.24, 2.45) is 0 Å². The zero-order valence-electron chi connectivity index (χ0n) is 10.5. The number of hydrogen-bond acceptors (Lipinski definition) is 3. The Balaban J connectivity index is 2.09. The van der Waals surface area contributed by atoms with Gasteiger partial charge in [-0.15, -0.1) is 0 Å². The molecule has 0 spiro atoms. The van der Waals surface area contributed by atoms with Crippen LogP contribution in [0.2, 0.25) is 0 Å². The molecule has 0 unspecified atom stereocenters. The van der Waals surface area contributed by atoms with E-state index in [2.05, 4.69) is 9.97 Å². The summed E-state index contributed by atoms with van der Waals surface area (Å²) in [6, 6.07) is 8.96. The molecule has 0 amide bonds. The minimum Gasteiger partial charge on any atom is -0.351 e. The van der Waals surface area contributed by atoms with E-state index in [1.165, 1.54) is 0 Å². The van der Waals surface area contributed by atoms with E-state index in [0.29, 0.717) is 34.1 Å². The lowest BCUT2D eigenvalue weighted by molar-refractivity contribution is 0.103. The standard InChI is InChI=1S/C16H10N2O2/c19-15-11-3-1-2-4-13(11)18-14-12(15)7-9-8-17-6-5-10(9)16(14)20/h1-6,8H,7H2,(H,18,19). The molecule has 96 valence electrons. The number of nitrogens with zero attached hydrogens (tertiary/aromatic N) is 1. The number of aromatic amines is 1. The Morgan fingerprint density at radius 2 is 1.95 bits per heavy atom. The van der Waals surface area contributed by atoms with Crippen LogP contribution >= 0.6 is 0 Å². The van der Waals surface area contributed by atoms with Crippen LogP contribution in [-0.4, -0.2) is 15.8 Å². The molecule has 0 aliphatic heterocycles. The Morgan fingerprint density at radius 3 is 2.85 bits per heavy atom. The van der Waals surface area contributed by atoms with E-state index in [1.54, 1.807) is 24.5 Å². The lowest BCUT2D eigenvalue weighted by Gasteiger charge is -2.17. The van der Waals surface area contributed by atoms with Crippen LogP contribution in [0.25, 0.3) is 10.9 Å². The van der Waals surface area contributed by atoms with Gasteiger partial charge in [-0.25, -0.2) is 0 Å². The lowest BCUT2D eigenvalue weighted by Crippen LogP contribution is -2.24. The van der Waals surface area contributed by atoms with Crippen LogP contribution in [0.1, 0.15) is 27.2 Å². The highest BCUT2D eigenvalue weighted by molar-refractivity contribution is 6.11. The number of fused-ring (bicyclic) bond motifs is 3. The van der Waals surface area contributed by atoms with E-state index in [-0.39, 0.29) is 11.2 Å². The minimum absolute atomic E-state index is 0.0720. The Kier molecular flexibility index (Phi) is 2.15. The van der Waals surface area contributed by atoms with Gasteiger partial charge in [0.15, 0.2) is 5.43 Å². The van der Waals surface area contributed by atoms with Crippen LogP contribution in [0.4, 0.5) is 0 Å². The van der Waals surface area contributed by atoms with Crippen molar-refractivity contribution in [2.45, 2.75) is 6.42 Å². The van der Waals surface area contributed by atoms with Crippen LogP contribution in [0.5, 0.6) is 0 Å². The minimum atomic E-state index is -0.133. The normalized spacial score (nSPS) is 13.1. The van der Waals surface area contributed by atoms with Gasteiger partial charge in [-0.05, 0) is 23.8 Å². The molecule has 1 N–H and O–H groups in total. The third-order valence-electron chi connectivity index (χ3n) is 3.75. The molecule has 0 radical (unpaired) electrons. The van der Waals surface area contributed by atoms with Crippen molar-refractivity contribution < 1.29 is 4.79 Å². The molecule has 20 heavy (non-hydrogen) atoms. The van der Waals surface area contributed by atoms with Gasteiger partial charge in [0.1, 0.15) is 0 Å². The van der Waals surface area contributed by atoms with E-state index in [9.17, 15) is 9.59 Å². The number of hydrogen-bond donors (Lipinski definition) is 1. The van der Waals surface area contributed by atoms with Crippen LogP contribution in [0.15, 0.2) is 47.5 Å². The molecule has 0 bridgehead atoms. The molecular formula is C16H10N2O2. The maximum Gasteiger partial charge on any atom is 0.210 e. The summed E-state index contributed by atoms with van der Waals surface area (Å²) in [4.78, 5) is 32.2. The van der Waals surface area contributed by atoms with Crippen LogP contribution in [0.3, 0.4) is 0 Å². The van der Waals surface area contributed by atoms with Crippen molar-refractivity contribution >= 4 is 16.7 Å². The fourth-order valence-electron chi connectivity index (χ4n) is 2.75. The number of pyridine rings is 2. The number of rotatable bonds is 0. The Morgan fingerprint density at radius 1 is 1.10 bits per heavy atom. The average molecular weight is 262 g/mol. The molecule has 0 saturated heterocycles. The molecule has 2 heterocycles. The first-order chi connectivity index (χ1) is 9.75. The van der Waals surface area contributed by atoms with Gasteiger partial charge in [0.25, 0.3) is 0 Å². The van der Waals surface area contributed by atoms with Gasteiger partial charge >= 0.3 is 0 Å². The van der Waals surface area contributed by atoms with Crippen LogP contribution in [-0.2, 0) is 6.42 Å². The predicted molar refractivity (Wildman–Crippen MR) is 75.0 cm³/mol. The van der Waals surface area contributed by atoms with Gasteiger partial charge in [0.2, 0.25) is 5.78 Å². The highest BCUT2D eigenvalue weighted by atomic mass is 16.1. The molecule has 2 aromatic heterocycles. The fourth-order valence-corrected chi connectivity index (χ4v) is 2.75. The number of H-pyrrole nitrogens is 1. The number of para-hydroxylation sites is 1. The van der Waals surface area contributed by atoms with Gasteiger partial charge < -0.3 is 4.98 Å². The van der Waals surface area contributed by atoms with E-state index in [1.807, 2.05) is 18.2 Å². The second kappa shape index (κ2) is 3.87. The summed E-state index contributed by atoms with van der Waals surface area (Å²) >= 11 is 0. The van der Waals surface area contributed by atoms with Crippen molar-refractivity contribution in [3.63, 3.8) is 0 Å². The summed E-state index contributed by atoms with van der Waals surface area (Å²) in [5.41, 5.74) is 3.00. The molecule has 4 nitrogen and oxygen atoms in total. The Hall–Kier alpha value is -2.75. The zero-order chi connectivity index (χ0) is 13.7. The van der Waals surface area contributed by atoms with Crippen LogP contribution in [0, 0.1) is 0 Å². The van der Waals surface area contributed by atoms with Crippen molar-refractivity contribution in [1.82, 2.24) is 9.97 Å². The summed E-state index contributed by atoms with van der Waals surface area (Å²) in [6.07, 6.45) is 3.70. The number of carbonyl (C=O) groups is 1. The summed E-state index contributed by atoms with van der Waals surface area (Å²) in [5.74, 6) is -0.133. The molecule has 3 aromatic rings. The molecule has 1 aliphatic carbocycles. The van der Waals surface area contributed by atoms with Crippen molar-refractivity contribution in [3.05, 3.63) is 75.3 Å². The molecule has 0 atom stereocenters. The fraction of sp³-hybridized carbons (Fsp3) is 0.0625. The second-order valence-corrected chi connectivity index (χ2v) is 4.89. The first kappa shape index (κ1) is 11.1. The molecule has 1 aliphatic rings. The topological polar surface area (TPSA) is 62.8 Å². The molecule has 1 aromatic carbocycles. The van der Waals surface area contributed by atoms with E-state index in [0.717, 1.165) is 5.56 Å². The zero-order valence-corrected chi connectivity index (χ0v) is 10.5. The summed E-state index contributed by atoms with van der Waals surface area (Å²) in [7, 11) is 0. The highest BCUT2D eigenvalue weighted by Crippen LogP contribution is 2.24. The van der Waals surface area contributed by atoms with Gasteiger partial charge in [-0.3, -0.25) is 14.6 Å². The van der Waals surface area contributed by atoms with E-state index in [4.69, 9.17) is 0 Å². The average Bonchev–Trinajstić information content (AvgIpc) is 2.49. The molecular weight excluding hydrogens is 252 g/mol. The Labute approximate surface area is 114 Å². The van der Waals surface area contributed by atoms with Crippen molar-refractivity contribution in [1.29, 1.82) is 0 Å². The highest BCUT2D eigenvalue weighted by Gasteiger charge is 2.26. The molecule has 0 fully saturated rings. The third kappa shape index (κ3) is 1.39. The molecule has 4 rings (SSSR count). The number of ketones is 1. The van der Waals surface area contributed by atoms with Crippen molar-refractivity contribution in [3.8, 4) is 0 Å². The number of nitrogens with one attached hydrogen (secondary N) is 1. The van der Waals surface area contributed by atoms with Crippen LogP contribution < -0.4 is 5.43 Å². The number of benzene rings is 1. The molecule has 4 heteroatoms. The second-order valence-electron chi connectivity index (χ2n) is 4.89. The number of aromatic nitrogens is 2. The summed E-state index contributed by atoms with van der Waals surface area (Å²) in [6.45, 7) is 0. The monoisotopic (exact) mass is 262 g/mol. The third-order valence-corrected chi connectivity index (χ3v) is 3.75. The quantitative estimate of drug-likeness (QED) is 0.527. The van der Waals surface area contributed by atoms with E-state index >= 15 is 0 Å². The first-order valence-corrected chi connectivity index (χ1v) is 6.37. The largest absolute Gasteiger partial charge is 0.351 e. The molecule has 0 saturated carbocycles.